The van der Waals surface area contributed by atoms with E-state index in [1.807, 2.05) is 0 Å². The maximum Gasteiger partial charge on any atom is 0.245 e. The van der Waals surface area contributed by atoms with Gasteiger partial charge in [0.1, 0.15) is 10.7 Å². The van der Waals surface area contributed by atoms with Crippen LogP contribution < -0.4 is 10.5 Å². The molecule has 3 N–H and O–H groups in total. The molecule has 0 amide bonds. The molecule has 1 aromatic rings. The fourth-order valence-electron chi connectivity index (χ4n) is 1.05. The second-order valence-corrected chi connectivity index (χ2v) is 5.24. The number of hydrogen-bond acceptors (Lipinski definition) is 3. The minimum atomic E-state index is -4.01. The van der Waals surface area contributed by atoms with E-state index in [-0.39, 0.29) is 17.3 Å². The Balaban J connectivity index is 3.12. The topological polar surface area (TPSA) is 72.2 Å². The fourth-order valence-corrected chi connectivity index (χ4v) is 2.41. The Labute approximate surface area is 98.0 Å². The van der Waals surface area contributed by atoms with Crippen LogP contribution in [0.2, 0.25) is 0 Å². The number of nitrogens with one attached hydrogen (secondary N) is 1. The van der Waals surface area contributed by atoms with Crippen LogP contribution in [-0.2, 0) is 10.0 Å². The highest BCUT2D eigenvalue weighted by Gasteiger charge is 2.21. The van der Waals surface area contributed by atoms with Gasteiger partial charge in [0.2, 0.25) is 10.0 Å². The highest BCUT2D eigenvalue weighted by Crippen LogP contribution is 2.21. The van der Waals surface area contributed by atoms with Crippen molar-refractivity contribution in [3.05, 3.63) is 35.6 Å². The molecule has 0 saturated carbocycles. The standard InChI is InChI=1S/C9H10ClFN2O2S/c1-6(10)5-13-16(14,15)9-7(11)3-2-4-8(9)12/h2-4,13H,1,5,12H2. The van der Waals surface area contributed by atoms with Crippen molar-refractivity contribution in [2.75, 3.05) is 12.3 Å². The number of hydrogen-bond donors (Lipinski definition) is 2. The van der Waals surface area contributed by atoms with Gasteiger partial charge in [-0.2, -0.15) is 0 Å². The second kappa shape index (κ2) is 4.82. The predicted molar refractivity (Wildman–Crippen MR) is 61.0 cm³/mol. The van der Waals surface area contributed by atoms with E-state index in [4.69, 9.17) is 17.3 Å². The zero-order chi connectivity index (χ0) is 12.3. The van der Waals surface area contributed by atoms with Crippen molar-refractivity contribution < 1.29 is 12.8 Å². The molecular weight excluding hydrogens is 255 g/mol. The van der Waals surface area contributed by atoms with E-state index in [1.165, 1.54) is 12.1 Å². The molecular formula is C9H10ClFN2O2S. The smallest absolute Gasteiger partial charge is 0.245 e. The lowest BCUT2D eigenvalue weighted by atomic mass is 10.3. The molecule has 7 heteroatoms. The van der Waals surface area contributed by atoms with Crippen LogP contribution in [0.3, 0.4) is 0 Å². The number of sulfonamides is 1. The molecule has 0 aliphatic heterocycles. The maximum atomic E-state index is 13.3. The summed E-state index contributed by atoms with van der Waals surface area (Å²) in [4.78, 5) is -0.576. The van der Waals surface area contributed by atoms with Crippen molar-refractivity contribution >= 4 is 27.3 Å². The van der Waals surface area contributed by atoms with E-state index < -0.39 is 20.7 Å². The zero-order valence-corrected chi connectivity index (χ0v) is 9.78. The molecule has 0 radical (unpaired) electrons. The number of benzene rings is 1. The van der Waals surface area contributed by atoms with Crippen LogP contribution in [0.5, 0.6) is 0 Å². The molecule has 0 heterocycles. The average Bonchev–Trinajstić information content (AvgIpc) is 2.14. The highest BCUT2D eigenvalue weighted by molar-refractivity contribution is 7.89. The van der Waals surface area contributed by atoms with Gasteiger partial charge < -0.3 is 5.73 Å². The van der Waals surface area contributed by atoms with E-state index in [0.717, 1.165) is 6.07 Å². The summed E-state index contributed by atoms with van der Waals surface area (Å²) >= 11 is 5.40. The Bertz CT molecular complexity index is 496. The van der Waals surface area contributed by atoms with Gasteiger partial charge in [-0.05, 0) is 12.1 Å². The van der Waals surface area contributed by atoms with Gasteiger partial charge in [0.05, 0.1) is 5.69 Å². The summed E-state index contributed by atoms with van der Waals surface area (Å²) in [5.41, 5.74) is 5.24. The third-order valence-corrected chi connectivity index (χ3v) is 3.35. The van der Waals surface area contributed by atoms with Crippen molar-refractivity contribution in [1.82, 2.24) is 4.72 Å². The Kier molecular flexibility index (Phi) is 3.90. The first-order chi connectivity index (χ1) is 7.34. The molecule has 0 aliphatic carbocycles. The van der Waals surface area contributed by atoms with Crippen molar-refractivity contribution in [1.29, 1.82) is 0 Å². The van der Waals surface area contributed by atoms with E-state index in [1.54, 1.807) is 0 Å². The minimum absolute atomic E-state index is 0.0958. The molecule has 1 aromatic carbocycles. The van der Waals surface area contributed by atoms with Crippen molar-refractivity contribution in [2.45, 2.75) is 4.90 Å². The Morgan fingerprint density at radius 3 is 2.69 bits per heavy atom. The Morgan fingerprint density at radius 1 is 1.56 bits per heavy atom. The number of halogens is 2. The molecule has 16 heavy (non-hydrogen) atoms. The largest absolute Gasteiger partial charge is 0.398 e. The lowest BCUT2D eigenvalue weighted by Crippen LogP contribution is -2.26. The van der Waals surface area contributed by atoms with Gasteiger partial charge in [-0.3, -0.25) is 0 Å². The van der Waals surface area contributed by atoms with Gasteiger partial charge in [-0.25, -0.2) is 17.5 Å². The summed E-state index contributed by atoms with van der Waals surface area (Å²) in [7, 11) is -4.01. The van der Waals surface area contributed by atoms with E-state index >= 15 is 0 Å². The minimum Gasteiger partial charge on any atom is -0.398 e. The van der Waals surface area contributed by atoms with Crippen LogP contribution >= 0.6 is 11.6 Å². The lowest BCUT2D eigenvalue weighted by Gasteiger charge is -2.09. The molecule has 88 valence electrons. The number of rotatable bonds is 4. The number of nitrogen functional groups attached to an aromatic ring is 1. The third-order valence-electron chi connectivity index (χ3n) is 1.72. The van der Waals surface area contributed by atoms with Gasteiger partial charge in [-0.1, -0.05) is 24.2 Å². The Morgan fingerprint density at radius 2 is 2.19 bits per heavy atom. The van der Waals surface area contributed by atoms with Crippen LogP contribution in [0.1, 0.15) is 0 Å². The van der Waals surface area contributed by atoms with E-state index in [9.17, 15) is 12.8 Å². The molecule has 0 bridgehead atoms. The molecule has 0 aliphatic rings. The van der Waals surface area contributed by atoms with Crippen molar-refractivity contribution in [3.8, 4) is 0 Å². The number of nitrogens with two attached hydrogens (primary N) is 1. The SMILES string of the molecule is C=C(Cl)CNS(=O)(=O)c1c(N)cccc1F. The van der Waals surface area contributed by atoms with E-state index in [2.05, 4.69) is 11.3 Å². The molecule has 0 saturated heterocycles. The van der Waals surface area contributed by atoms with Crippen LogP contribution in [0.25, 0.3) is 0 Å². The van der Waals surface area contributed by atoms with Gasteiger partial charge in [-0.15, -0.1) is 0 Å². The molecule has 0 atom stereocenters. The van der Waals surface area contributed by atoms with E-state index in [0.29, 0.717) is 0 Å². The molecule has 0 unspecified atom stereocenters. The predicted octanol–water partition coefficient (Wildman–Crippen LogP) is 1.44. The summed E-state index contributed by atoms with van der Waals surface area (Å²) in [5.74, 6) is -0.910. The average molecular weight is 265 g/mol. The quantitative estimate of drug-likeness (QED) is 0.809. The third kappa shape index (κ3) is 2.94. The fraction of sp³-hybridized carbons (Fsp3) is 0.111. The highest BCUT2D eigenvalue weighted by atomic mass is 35.5. The van der Waals surface area contributed by atoms with Crippen LogP contribution in [0.15, 0.2) is 34.7 Å². The van der Waals surface area contributed by atoms with Crippen molar-refractivity contribution in [2.24, 2.45) is 0 Å². The summed E-state index contributed by atoms with van der Waals surface area (Å²) in [6.07, 6.45) is 0. The first-order valence-corrected chi connectivity index (χ1v) is 6.07. The van der Waals surface area contributed by atoms with Crippen LogP contribution in [0, 0.1) is 5.82 Å². The lowest BCUT2D eigenvalue weighted by molar-refractivity contribution is 0.561. The molecule has 1 rings (SSSR count). The van der Waals surface area contributed by atoms with Gasteiger partial charge in [0.25, 0.3) is 0 Å². The molecule has 0 spiro atoms. The number of anilines is 1. The summed E-state index contributed by atoms with van der Waals surface area (Å²) in [6, 6.07) is 3.64. The van der Waals surface area contributed by atoms with Gasteiger partial charge in [0.15, 0.2) is 0 Å². The first kappa shape index (κ1) is 13.0. The maximum absolute atomic E-state index is 13.3. The van der Waals surface area contributed by atoms with Gasteiger partial charge in [0, 0.05) is 11.6 Å². The second-order valence-electron chi connectivity index (χ2n) is 3.00. The molecule has 0 fully saturated rings. The van der Waals surface area contributed by atoms with Crippen molar-refractivity contribution in [3.63, 3.8) is 0 Å². The summed E-state index contributed by atoms with van der Waals surface area (Å²) < 4.78 is 38.7. The molecule has 0 aromatic heterocycles. The molecule has 4 nitrogen and oxygen atoms in total. The summed E-state index contributed by atoms with van der Waals surface area (Å²) in [6.45, 7) is 3.13. The first-order valence-electron chi connectivity index (χ1n) is 4.21. The monoisotopic (exact) mass is 264 g/mol. The van der Waals surface area contributed by atoms with Crippen LogP contribution in [0.4, 0.5) is 10.1 Å². The Hall–Kier alpha value is -1.11. The van der Waals surface area contributed by atoms with Gasteiger partial charge >= 0.3 is 0 Å². The normalized spacial score (nSPS) is 11.4. The van der Waals surface area contributed by atoms with Crippen LogP contribution in [-0.4, -0.2) is 15.0 Å². The summed E-state index contributed by atoms with van der Waals surface area (Å²) in [5, 5.41) is 0.0958. The zero-order valence-electron chi connectivity index (χ0n) is 8.20.